The quantitative estimate of drug-likeness (QED) is 0.843. The van der Waals surface area contributed by atoms with E-state index >= 15 is 0 Å². The third-order valence-corrected chi connectivity index (χ3v) is 5.87. The number of hydrogen-bond donors (Lipinski definition) is 1. The van der Waals surface area contributed by atoms with E-state index in [0.717, 1.165) is 29.8 Å². The molecule has 1 heterocycles. The molecule has 0 atom stereocenters. The Bertz CT molecular complexity index is 806. The maximum atomic E-state index is 12.3. The van der Waals surface area contributed by atoms with Crippen LogP contribution in [-0.2, 0) is 24.2 Å². The lowest BCUT2D eigenvalue weighted by molar-refractivity contribution is -0.123. The molecule has 27 heavy (non-hydrogen) atoms. The minimum Gasteiger partial charge on any atom is -0.484 e. The monoisotopic (exact) mass is 367 g/mol. The molecule has 0 spiro atoms. The van der Waals surface area contributed by atoms with Crippen molar-refractivity contribution in [2.24, 2.45) is 0 Å². The van der Waals surface area contributed by atoms with Crippen LogP contribution in [0.3, 0.4) is 0 Å². The Hall–Kier alpha value is -2.30. The molecule has 2 aliphatic carbocycles. The first-order valence-corrected chi connectivity index (χ1v) is 10.3. The van der Waals surface area contributed by atoms with E-state index in [0.29, 0.717) is 12.6 Å². The molecule has 0 radical (unpaired) electrons. The number of carbonyl (C=O) groups excluding carboxylic acids is 1. The number of benzene rings is 1. The Morgan fingerprint density at radius 1 is 1.19 bits per heavy atom. The Morgan fingerprint density at radius 3 is 2.78 bits per heavy atom. The van der Waals surface area contributed by atoms with Crippen LogP contribution in [0.2, 0.25) is 0 Å². The molecule has 1 N–H and O–H groups in total. The van der Waals surface area contributed by atoms with E-state index in [1.54, 1.807) is 0 Å². The molecule has 1 fully saturated rings. The van der Waals surface area contributed by atoms with Crippen LogP contribution in [-0.4, -0.2) is 22.3 Å². The molecule has 0 saturated heterocycles. The van der Waals surface area contributed by atoms with Gasteiger partial charge >= 0.3 is 0 Å². The molecule has 1 aromatic carbocycles. The number of nitrogens with one attached hydrogen (secondary N) is 1. The second-order valence-corrected chi connectivity index (χ2v) is 7.79. The number of aromatic nitrogens is 2. The van der Waals surface area contributed by atoms with Crippen molar-refractivity contribution in [3.63, 3.8) is 0 Å². The van der Waals surface area contributed by atoms with E-state index in [1.807, 2.05) is 31.2 Å². The van der Waals surface area contributed by atoms with Crippen molar-refractivity contribution < 1.29 is 9.53 Å². The van der Waals surface area contributed by atoms with Crippen molar-refractivity contribution in [3.05, 3.63) is 46.8 Å². The van der Waals surface area contributed by atoms with Gasteiger partial charge in [-0.05, 0) is 62.6 Å². The minimum atomic E-state index is -0.0989. The van der Waals surface area contributed by atoms with Crippen LogP contribution in [0.1, 0.15) is 67.1 Å². The van der Waals surface area contributed by atoms with Crippen molar-refractivity contribution in [3.8, 4) is 5.75 Å². The molecule has 4 rings (SSSR count). The molecule has 5 nitrogen and oxygen atoms in total. The Balaban J connectivity index is 1.39. The van der Waals surface area contributed by atoms with Crippen molar-refractivity contribution in [1.82, 2.24) is 15.1 Å². The van der Waals surface area contributed by atoms with E-state index in [1.165, 1.54) is 49.8 Å². The number of ether oxygens (including phenoxy) is 1. The van der Waals surface area contributed by atoms with E-state index in [-0.39, 0.29) is 12.5 Å². The summed E-state index contributed by atoms with van der Waals surface area (Å²) in [5, 5.41) is 7.94. The number of rotatable bonds is 6. The average Bonchev–Trinajstić information content (AvgIpc) is 3.33. The van der Waals surface area contributed by atoms with E-state index in [4.69, 9.17) is 9.84 Å². The lowest BCUT2D eigenvalue weighted by Crippen LogP contribution is -2.29. The molecule has 0 bridgehead atoms. The maximum Gasteiger partial charge on any atom is 0.258 e. The van der Waals surface area contributed by atoms with Crippen molar-refractivity contribution >= 4 is 5.91 Å². The normalized spacial score (nSPS) is 16.9. The topological polar surface area (TPSA) is 56.1 Å². The van der Waals surface area contributed by atoms with Crippen molar-refractivity contribution in [2.45, 2.75) is 70.9 Å². The van der Waals surface area contributed by atoms with Gasteiger partial charge in [0.2, 0.25) is 0 Å². The Labute approximate surface area is 161 Å². The Kier molecular flexibility index (Phi) is 5.46. The summed E-state index contributed by atoms with van der Waals surface area (Å²) >= 11 is 0. The summed E-state index contributed by atoms with van der Waals surface area (Å²) in [6.07, 6.45) is 9.79. The molecule has 1 saturated carbocycles. The molecule has 144 valence electrons. The van der Waals surface area contributed by atoms with Crippen LogP contribution in [0, 0.1) is 6.92 Å². The van der Waals surface area contributed by atoms with Gasteiger partial charge in [0.1, 0.15) is 5.75 Å². The largest absolute Gasteiger partial charge is 0.484 e. The van der Waals surface area contributed by atoms with Crippen LogP contribution in [0.15, 0.2) is 24.3 Å². The fraction of sp³-hybridized carbons (Fsp3) is 0.545. The van der Waals surface area contributed by atoms with Gasteiger partial charge in [-0.2, -0.15) is 5.10 Å². The van der Waals surface area contributed by atoms with Gasteiger partial charge in [-0.3, -0.25) is 9.48 Å². The molecular formula is C22H29N3O2. The molecule has 2 aliphatic rings. The molecule has 1 amide bonds. The zero-order chi connectivity index (χ0) is 18.6. The van der Waals surface area contributed by atoms with Crippen LogP contribution < -0.4 is 10.1 Å². The molecule has 0 aliphatic heterocycles. The molecule has 1 aromatic heterocycles. The summed E-state index contributed by atoms with van der Waals surface area (Å²) < 4.78 is 7.95. The molecule has 0 unspecified atom stereocenters. The van der Waals surface area contributed by atoms with Crippen LogP contribution >= 0.6 is 0 Å². The van der Waals surface area contributed by atoms with Gasteiger partial charge in [0.15, 0.2) is 6.61 Å². The van der Waals surface area contributed by atoms with Crippen LogP contribution in [0.25, 0.3) is 0 Å². The smallest absolute Gasteiger partial charge is 0.258 e. The van der Waals surface area contributed by atoms with Gasteiger partial charge in [0, 0.05) is 5.69 Å². The Morgan fingerprint density at radius 2 is 1.96 bits per heavy atom. The summed E-state index contributed by atoms with van der Waals surface area (Å²) in [7, 11) is 0. The maximum absolute atomic E-state index is 12.3. The number of amides is 1. The number of para-hydroxylation sites is 1. The highest BCUT2D eigenvalue weighted by Crippen LogP contribution is 2.34. The highest BCUT2D eigenvalue weighted by atomic mass is 16.5. The highest BCUT2D eigenvalue weighted by Gasteiger charge is 2.26. The average molecular weight is 367 g/mol. The second kappa shape index (κ2) is 8.15. The molecule has 5 heteroatoms. The summed E-state index contributed by atoms with van der Waals surface area (Å²) in [5.74, 6) is 0.661. The van der Waals surface area contributed by atoms with Gasteiger partial charge in [0.25, 0.3) is 5.91 Å². The van der Waals surface area contributed by atoms with Crippen molar-refractivity contribution in [2.75, 3.05) is 6.61 Å². The van der Waals surface area contributed by atoms with E-state index in [9.17, 15) is 4.79 Å². The van der Waals surface area contributed by atoms with E-state index in [2.05, 4.69) is 10.00 Å². The predicted octanol–water partition coefficient (Wildman–Crippen LogP) is 3.88. The molecular weight excluding hydrogens is 338 g/mol. The third kappa shape index (κ3) is 4.02. The van der Waals surface area contributed by atoms with Gasteiger partial charge in [-0.1, -0.05) is 31.0 Å². The van der Waals surface area contributed by atoms with Crippen LogP contribution in [0.4, 0.5) is 0 Å². The number of fused-ring (bicyclic) bond motifs is 1. The standard InChI is InChI=1S/C22H29N3O2/c1-16-8-2-7-13-21(16)27-15-22(26)23-14-19-18-11-5-6-12-20(18)25(24-19)17-9-3-4-10-17/h2,7-8,13,17H,3-6,9-12,14-15H2,1H3,(H,23,26). The first kappa shape index (κ1) is 18.1. The summed E-state index contributed by atoms with van der Waals surface area (Å²) in [6.45, 7) is 2.52. The van der Waals surface area contributed by atoms with Gasteiger partial charge in [0.05, 0.1) is 18.3 Å². The minimum absolute atomic E-state index is 0.0381. The number of hydrogen-bond acceptors (Lipinski definition) is 3. The van der Waals surface area contributed by atoms with E-state index < -0.39 is 0 Å². The van der Waals surface area contributed by atoms with Gasteiger partial charge in [-0.15, -0.1) is 0 Å². The van der Waals surface area contributed by atoms with Crippen molar-refractivity contribution in [1.29, 1.82) is 0 Å². The first-order valence-electron chi connectivity index (χ1n) is 10.3. The summed E-state index contributed by atoms with van der Waals surface area (Å²) in [5.41, 5.74) is 4.90. The molecule has 2 aromatic rings. The second-order valence-electron chi connectivity index (χ2n) is 7.79. The number of carbonyl (C=O) groups is 1. The van der Waals surface area contributed by atoms with Gasteiger partial charge < -0.3 is 10.1 Å². The zero-order valence-electron chi connectivity index (χ0n) is 16.2. The fourth-order valence-corrected chi connectivity index (χ4v) is 4.39. The predicted molar refractivity (Wildman–Crippen MR) is 105 cm³/mol. The number of nitrogens with zero attached hydrogens (tertiary/aromatic N) is 2. The fourth-order valence-electron chi connectivity index (χ4n) is 4.39. The van der Waals surface area contributed by atoms with Crippen LogP contribution in [0.5, 0.6) is 5.75 Å². The zero-order valence-corrected chi connectivity index (χ0v) is 16.2. The number of aryl methyl sites for hydroxylation is 1. The SMILES string of the molecule is Cc1ccccc1OCC(=O)NCc1nn(C2CCCC2)c2c1CCCC2. The third-order valence-electron chi connectivity index (χ3n) is 5.87. The lowest BCUT2D eigenvalue weighted by Gasteiger charge is -2.18. The summed E-state index contributed by atoms with van der Waals surface area (Å²) in [6, 6.07) is 8.32. The van der Waals surface area contributed by atoms with Gasteiger partial charge in [-0.25, -0.2) is 0 Å². The summed E-state index contributed by atoms with van der Waals surface area (Å²) in [4.78, 5) is 12.3. The first-order chi connectivity index (χ1) is 13.2. The highest BCUT2D eigenvalue weighted by molar-refractivity contribution is 5.77. The lowest BCUT2D eigenvalue weighted by atomic mass is 9.95.